The fourth-order valence-electron chi connectivity index (χ4n) is 4.22. The smallest absolute Gasteiger partial charge is 0.261 e. The average molecular weight is 546 g/mol. The number of rotatable bonds is 3. The highest BCUT2D eigenvalue weighted by Gasteiger charge is 2.30. The number of fused-ring (bicyclic) bond motifs is 3. The Balaban J connectivity index is 0.00000245. The van der Waals surface area contributed by atoms with E-state index in [4.69, 9.17) is 4.74 Å². The summed E-state index contributed by atoms with van der Waals surface area (Å²) in [5, 5.41) is 11.3. The van der Waals surface area contributed by atoms with Gasteiger partial charge in [-0.15, -0.1) is 12.4 Å². The van der Waals surface area contributed by atoms with Crippen molar-refractivity contribution in [3.63, 3.8) is 0 Å². The van der Waals surface area contributed by atoms with Crippen molar-refractivity contribution in [3.8, 4) is 16.3 Å². The zero-order chi connectivity index (χ0) is 21.5. The lowest BCUT2D eigenvalue weighted by molar-refractivity contribution is 0.0928. The molecule has 11 heteroatoms. The topological polar surface area (TPSA) is 68.2 Å². The summed E-state index contributed by atoms with van der Waals surface area (Å²) >= 11 is 4.81. The van der Waals surface area contributed by atoms with Gasteiger partial charge in [-0.1, -0.05) is 11.3 Å². The van der Waals surface area contributed by atoms with E-state index < -0.39 is 11.6 Å². The maximum Gasteiger partial charge on any atom is 0.261 e. The summed E-state index contributed by atoms with van der Waals surface area (Å²) in [6.07, 6.45) is 2.41. The molecule has 1 amide bonds. The molecular formula is C21H20BrClF2N4O2S. The first-order valence-corrected chi connectivity index (χ1v) is 11.6. The summed E-state index contributed by atoms with van der Waals surface area (Å²) in [6.45, 7) is 2.34. The normalized spacial score (nSPS) is 19.7. The van der Waals surface area contributed by atoms with Crippen LogP contribution < -0.4 is 15.4 Å². The number of benzene rings is 1. The van der Waals surface area contributed by atoms with Gasteiger partial charge in [-0.25, -0.2) is 8.78 Å². The predicted molar refractivity (Wildman–Crippen MR) is 124 cm³/mol. The molecule has 2 atom stereocenters. The summed E-state index contributed by atoms with van der Waals surface area (Å²) in [4.78, 5) is 13.6. The summed E-state index contributed by atoms with van der Waals surface area (Å²) in [5.41, 5.74) is 2.26. The molecule has 2 N–H and O–H groups in total. The highest BCUT2D eigenvalue weighted by molar-refractivity contribution is 9.10. The van der Waals surface area contributed by atoms with Gasteiger partial charge in [0.25, 0.3) is 5.91 Å². The Morgan fingerprint density at radius 2 is 2.06 bits per heavy atom. The van der Waals surface area contributed by atoms with Gasteiger partial charge >= 0.3 is 0 Å². The molecule has 0 spiro atoms. The van der Waals surface area contributed by atoms with E-state index in [0.717, 1.165) is 21.8 Å². The van der Waals surface area contributed by atoms with Crippen molar-refractivity contribution in [2.45, 2.75) is 24.9 Å². The molecule has 0 bridgehead atoms. The molecule has 5 rings (SSSR count). The zero-order valence-electron chi connectivity index (χ0n) is 16.7. The minimum atomic E-state index is -0.611. The lowest BCUT2D eigenvalue weighted by Gasteiger charge is -2.33. The quantitative estimate of drug-likeness (QED) is 0.514. The first-order chi connectivity index (χ1) is 15.0. The van der Waals surface area contributed by atoms with Crippen molar-refractivity contribution in [2.75, 3.05) is 19.7 Å². The van der Waals surface area contributed by atoms with Gasteiger partial charge in [-0.3, -0.25) is 9.48 Å². The molecule has 0 radical (unpaired) electrons. The van der Waals surface area contributed by atoms with Crippen LogP contribution in [0.25, 0.3) is 11.3 Å². The van der Waals surface area contributed by atoms with Crippen LogP contribution in [0.3, 0.4) is 0 Å². The highest BCUT2D eigenvalue weighted by atomic mass is 79.9. The minimum Gasteiger partial charge on any atom is -0.481 e. The van der Waals surface area contributed by atoms with E-state index in [1.165, 1.54) is 23.5 Å². The third-order valence-corrected chi connectivity index (χ3v) is 7.25. The Labute approximate surface area is 201 Å². The number of nitrogens with zero attached hydrogens (tertiary/aromatic N) is 2. The van der Waals surface area contributed by atoms with E-state index in [1.807, 2.05) is 10.7 Å². The number of carbonyl (C=O) groups excluding carboxylic acids is 1. The molecule has 32 heavy (non-hydrogen) atoms. The van der Waals surface area contributed by atoms with Gasteiger partial charge in [0, 0.05) is 24.6 Å². The number of halogens is 4. The Hall–Kier alpha value is -2.01. The van der Waals surface area contributed by atoms with Crippen molar-refractivity contribution in [3.05, 3.63) is 57.0 Å². The number of piperidine rings is 1. The minimum absolute atomic E-state index is 0. The monoisotopic (exact) mass is 544 g/mol. The molecule has 1 aromatic carbocycles. The largest absolute Gasteiger partial charge is 0.481 e. The van der Waals surface area contributed by atoms with Crippen LogP contribution in [0.5, 0.6) is 5.06 Å². The second-order valence-electron chi connectivity index (χ2n) is 7.61. The number of hydrogen-bond donors (Lipinski definition) is 2. The van der Waals surface area contributed by atoms with Crippen LogP contribution in [0.4, 0.5) is 8.78 Å². The summed E-state index contributed by atoms with van der Waals surface area (Å²) in [6, 6.07) is 5.07. The number of aromatic nitrogens is 2. The molecule has 2 aliphatic rings. The van der Waals surface area contributed by atoms with E-state index in [0.29, 0.717) is 48.2 Å². The molecule has 0 aliphatic carbocycles. The lowest BCUT2D eigenvalue weighted by Crippen LogP contribution is -2.49. The van der Waals surface area contributed by atoms with Crippen molar-refractivity contribution >= 4 is 45.6 Å². The number of ether oxygens (including phenoxy) is 1. The van der Waals surface area contributed by atoms with Gasteiger partial charge < -0.3 is 15.4 Å². The fourth-order valence-corrected chi connectivity index (χ4v) is 5.67. The van der Waals surface area contributed by atoms with Crippen molar-refractivity contribution < 1.29 is 18.3 Å². The molecule has 4 heterocycles. The molecule has 2 aliphatic heterocycles. The van der Waals surface area contributed by atoms with Gasteiger partial charge in [0.05, 0.1) is 33.3 Å². The van der Waals surface area contributed by atoms with E-state index in [2.05, 4.69) is 31.7 Å². The number of thiophene rings is 1. The second-order valence-corrected chi connectivity index (χ2v) is 9.48. The van der Waals surface area contributed by atoms with Crippen molar-refractivity contribution in [1.29, 1.82) is 0 Å². The van der Waals surface area contributed by atoms with Gasteiger partial charge in [0.2, 0.25) is 0 Å². The second kappa shape index (κ2) is 9.46. The van der Waals surface area contributed by atoms with E-state index >= 15 is 0 Å². The maximum atomic E-state index is 13.8. The SMILES string of the molecule is Cl.O=C(N[C@@H]1CNCC[C@H]1c1cc(F)cc(F)c1)c1cc2c(s1)OCCn1ncc(Br)c1-2. The standard InChI is InChI=1S/C21H19BrF2N4O2S.ClH/c22-16-9-26-28-3-4-30-21-15(19(16)28)8-18(31-21)20(29)27-17-10-25-2-1-14(17)11-5-12(23)7-13(24)6-11;/h5-9,14,17,25H,1-4,10H2,(H,27,29);1H/t14-,17+;/m0./s1. The van der Waals surface area contributed by atoms with Crippen molar-refractivity contribution in [1.82, 2.24) is 20.4 Å². The van der Waals surface area contributed by atoms with E-state index in [1.54, 1.807) is 6.20 Å². The van der Waals surface area contributed by atoms with Crippen LogP contribution in [-0.4, -0.2) is 41.4 Å². The number of nitrogens with one attached hydrogen (secondary N) is 2. The average Bonchev–Trinajstić information content (AvgIpc) is 3.26. The number of amides is 1. The van der Waals surface area contributed by atoms with Gasteiger partial charge in [0.15, 0.2) is 5.06 Å². The van der Waals surface area contributed by atoms with E-state index in [-0.39, 0.29) is 30.3 Å². The zero-order valence-corrected chi connectivity index (χ0v) is 20.0. The molecule has 6 nitrogen and oxygen atoms in total. The Kier molecular flexibility index (Phi) is 6.85. The van der Waals surface area contributed by atoms with Crippen LogP contribution in [-0.2, 0) is 6.54 Å². The van der Waals surface area contributed by atoms with E-state index in [9.17, 15) is 13.6 Å². The lowest BCUT2D eigenvalue weighted by atomic mass is 9.86. The molecule has 170 valence electrons. The van der Waals surface area contributed by atoms with Crippen LogP contribution >= 0.6 is 39.7 Å². The molecular weight excluding hydrogens is 526 g/mol. The Bertz CT molecular complexity index is 1130. The van der Waals surface area contributed by atoms with Crippen LogP contribution in [0.2, 0.25) is 0 Å². The highest BCUT2D eigenvalue weighted by Crippen LogP contribution is 2.42. The first kappa shape index (κ1) is 23.2. The molecule has 2 aromatic heterocycles. The number of carbonyl (C=O) groups is 1. The maximum absolute atomic E-state index is 13.8. The van der Waals surface area contributed by atoms with Gasteiger partial charge in [0.1, 0.15) is 18.2 Å². The summed E-state index contributed by atoms with van der Waals surface area (Å²) in [7, 11) is 0. The Morgan fingerprint density at radius 1 is 1.28 bits per heavy atom. The number of hydrogen-bond acceptors (Lipinski definition) is 5. The molecule has 1 fully saturated rings. The Morgan fingerprint density at radius 3 is 2.84 bits per heavy atom. The third kappa shape index (κ3) is 4.41. The van der Waals surface area contributed by atoms with Crippen LogP contribution in [0.15, 0.2) is 34.9 Å². The van der Waals surface area contributed by atoms with Gasteiger partial charge in [-0.05, 0) is 52.7 Å². The van der Waals surface area contributed by atoms with Crippen LogP contribution in [0, 0.1) is 11.6 Å². The predicted octanol–water partition coefficient (Wildman–Crippen LogP) is 4.34. The van der Waals surface area contributed by atoms with Crippen LogP contribution in [0.1, 0.15) is 27.6 Å². The molecule has 0 unspecified atom stereocenters. The van der Waals surface area contributed by atoms with Gasteiger partial charge in [-0.2, -0.15) is 5.10 Å². The summed E-state index contributed by atoms with van der Waals surface area (Å²) in [5.74, 6) is -1.64. The molecule has 0 saturated carbocycles. The summed E-state index contributed by atoms with van der Waals surface area (Å²) < 4.78 is 36.1. The first-order valence-electron chi connectivity index (χ1n) is 9.95. The fraction of sp³-hybridized carbons (Fsp3) is 0.333. The molecule has 1 saturated heterocycles. The molecule has 3 aromatic rings. The third-order valence-electron chi connectivity index (χ3n) is 5.62. The van der Waals surface area contributed by atoms with Crippen molar-refractivity contribution in [2.24, 2.45) is 0 Å².